The van der Waals surface area contributed by atoms with Gasteiger partial charge in [-0.3, -0.25) is 9.98 Å². The van der Waals surface area contributed by atoms with Crippen LogP contribution in [0.3, 0.4) is 0 Å². The van der Waals surface area contributed by atoms with Crippen molar-refractivity contribution < 1.29 is 0 Å². The summed E-state index contributed by atoms with van der Waals surface area (Å²) in [5.74, 6) is 2.09. The van der Waals surface area contributed by atoms with Crippen LogP contribution in [0.1, 0.15) is 36.8 Å². The van der Waals surface area contributed by atoms with Gasteiger partial charge >= 0.3 is 0 Å². The molecule has 2 N–H and O–H groups in total. The number of anilines is 2. The number of aromatic nitrogens is 4. The number of benzene rings is 1. The highest BCUT2D eigenvalue weighted by Gasteiger charge is 2.12. The topological polar surface area (TPSA) is 88.0 Å². The van der Waals surface area contributed by atoms with E-state index in [0.29, 0.717) is 35.1 Å². The van der Waals surface area contributed by atoms with E-state index in [9.17, 15) is 0 Å². The van der Waals surface area contributed by atoms with Crippen molar-refractivity contribution >= 4 is 41.5 Å². The molecule has 7 nitrogen and oxygen atoms in total. The molecule has 1 aromatic carbocycles. The number of nitrogens with one attached hydrogen (secondary N) is 2. The standard InChI is InChI=1S/C25H24ClN7/c1-3-5-19-15-23(28-16-19)32-25-31-22(9-8-18-6-4-7-21(26)14-18)30-24(33-25)29-17(2)20-10-12-27-13-11-20/h3-15,17H,16H2,1-2H3,(H2,28,29,30,31,32,33)/b5-3+,9-8+. The molecule has 0 saturated carbocycles. The molecule has 8 heteroatoms. The van der Waals surface area contributed by atoms with Gasteiger partial charge in [0.05, 0.1) is 12.6 Å². The summed E-state index contributed by atoms with van der Waals surface area (Å²) in [5, 5.41) is 7.22. The van der Waals surface area contributed by atoms with Crippen molar-refractivity contribution in [2.75, 3.05) is 17.2 Å². The molecule has 0 fully saturated rings. The molecule has 166 valence electrons. The maximum absolute atomic E-state index is 6.10. The van der Waals surface area contributed by atoms with Crippen LogP contribution in [0.25, 0.3) is 12.2 Å². The molecule has 3 heterocycles. The van der Waals surface area contributed by atoms with Crippen molar-refractivity contribution in [1.82, 2.24) is 19.9 Å². The SMILES string of the molecule is C/C=C/C1=CC(Nc2nc(/C=C/c3cccc(Cl)c3)nc(NC(C)c3ccncc3)n2)=NC1. The molecule has 0 radical (unpaired) electrons. The Morgan fingerprint density at radius 2 is 1.82 bits per heavy atom. The number of aliphatic imine (C=N–C) groups is 1. The lowest BCUT2D eigenvalue weighted by Gasteiger charge is -2.15. The molecule has 1 unspecified atom stereocenters. The second kappa shape index (κ2) is 10.7. The summed E-state index contributed by atoms with van der Waals surface area (Å²) in [7, 11) is 0. The van der Waals surface area contributed by atoms with Crippen molar-refractivity contribution in [3.05, 3.63) is 94.6 Å². The van der Waals surface area contributed by atoms with E-state index in [1.54, 1.807) is 12.4 Å². The zero-order valence-electron chi connectivity index (χ0n) is 18.4. The quantitative estimate of drug-likeness (QED) is 0.480. The number of amidine groups is 1. The minimum Gasteiger partial charge on any atom is -0.348 e. The summed E-state index contributed by atoms with van der Waals surface area (Å²) in [6, 6.07) is 11.5. The Bertz CT molecular complexity index is 1230. The smallest absolute Gasteiger partial charge is 0.233 e. The van der Waals surface area contributed by atoms with E-state index < -0.39 is 0 Å². The first-order valence-corrected chi connectivity index (χ1v) is 11.0. The Balaban J connectivity index is 1.61. The van der Waals surface area contributed by atoms with Crippen LogP contribution in [-0.2, 0) is 0 Å². The molecule has 3 aromatic rings. The summed E-state index contributed by atoms with van der Waals surface area (Å²) in [4.78, 5) is 22.3. The van der Waals surface area contributed by atoms with Gasteiger partial charge in [-0.1, -0.05) is 42.0 Å². The summed E-state index contributed by atoms with van der Waals surface area (Å²) >= 11 is 6.10. The molecule has 1 atom stereocenters. The number of hydrogen-bond acceptors (Lipinski definition) is 7. The first-order valence-electron chi connectivity index (χ1n) is 10.6. The van der Waals surface area contributed by atoms with Crippen molar-refractivity contribution in [2.24, 2.45) is 4.99 Å². The van der Waals surface area contributed by atoms with Crippen LogP contribution in [0.4, 0.5) is 11.9 Å². The number of halogens is 1. The fourth-order valence-electron chi connectivity index (χ4n) is 3.25. The maximum atomic E-state index is 6.10. The van der Waals surface area contributed by atoms with E-state index in [-0.39, 0.29) is 6.04 Å². The van der Waals surface area contributed by atoms with Crippen LogP contribution in [0, 0.1) is 0 Å². The Hall–Kier alpha value is -3.84. The summed E-state index contributed by atoms with van der Waals surface area (Å²) in [5.41, 5.74) is 3.16. The second-order valence-electron chi connectivity index (χ2n) is 7.42. The van der Waals surface area contributed by atoms with Crippen molar-refractivity contribution in [3.63, 3.8) is 0 Å². The number of allylic oxidation sites excluding steroid dienone is 1. The summed E-state index contributed by atoms with van der Waals surface area (Å²) in [6.07, 6.45) is 13.3. The van der Waals surface area contributed by atoms with Gasteiger partial charge < -0.3 is 10.6 Å². The highest BCUT2D eigenvalue weighted by molar-refractivity contribution is 6.30. The van der Waals surface area contributed by atoms with Gasteiger partial charge in [0.25, 0.3) is 0 Å². The number of pyridine rings is 1. The molecule has 0 aliphatic carbocycles. The van der Waals surface area contributed by atoms with Crippen LogP contribution in [0.15, 0.2) is 77.6 Å². The van der Waals surface area contributed by atoms with Gasteiger partial charge in [0, 0.05) is 17.4 Å². The molecule has 33 heavy (non-hydrogen) atoms. The number of nitrogens with zero attached hydrogens (tertiary/aromatic N) is 5. The van der Waals surface area contributed by atoms with Gasteiger partial charge in [0.15, 0.2) is 5.82 Å². The number of hydrogen-bond donors (Lipinski definition) is 2. The van der Waals surface area contributed by atoms with Gasteiger partial charge in [-0.25, -0.2) is 0 Å². The zero-order chi connectivity index (χ0) is 23.0. The number of rotatable bonds is 7. The largest absolute Gasteiger partial charge is 0.348 e. The molecule has 1 aliphatic heterocycles. The zero-order valence-corrected chi connectivity index (χ0v) is 19.2. The molecule has 0 saturated heterocycles. The first-order chi connectivity index (χ1) is 16.1. The molecular weight excluding hydrogens is 434 g/mol. The van der Waals surface area contributed by atoms with Crippen molar-refractivity contribution in [2.45, 2.75) is 19.9 Å². The van der Waals surface area contributed by atoms with E-state index in [2.05, 4.69) is 35.6 Å². The molecule has 0 spiro atoms. The van der Waals surface area contributed by atoms with E-state index in [1.165, 1.54) is 0 Å². The summed E-state index contributed by atoms with van der Waals surface area (Å²) in [6.45, 7) is 4.66. The van der Waals surface area contributed by atoms with Crippen LogP contribution in [0.2, 0.25) is 5.02 Å². The van der Waals surface area contributed by atoms with Crippen LogP contribution >= 0.6 is 11.6 Å². The minimum atomic E-state index is -0.0157. The molecule has 0 amide bonds. The van der Waals surface area contributed by atoms with E-state index in [0.717, 1.165) is 16.7 Å². The molecule has 0 bridgehead atoms. The molecule has 1 aliphatic rings. The lowest BCUT2D eigenvalue weighted by atomic mass is 10.1. The molecule has 4 rings (SSSR count). The Kier molecular flexibility index (Phi) is 7.22. The third kappa shape index (κ3) is 6.33. The van der Waals surface area contributed by atoms with Gasteiger partial charge in [-0.2, -0.15) is 15.0 Å². The van der Waals surface area contributed by atoms with Crippen molar-refractivity contribution in [1.29, 1.82) is 0 Å². The normalized spacial score (nSPS) is 14.4. The van der Waals surface area contributed by atoms with E-state index in [4.69, 9.17) is 11.6 Å². The lowest BCUT2D eigenvalue weighted by molar-refractivity contribution is 0.850. The average Bonchev–Trinajstić information content (AvgIpc) is 3.25. The predicted molar refractivity (Wildman–Crippen MR) is 135 cm³/mol. The lowest BCUT2D eigenvalue weighted by Crippen LogP contribution is -2.15. The molecule has 2 aromatic heterocycles. The third-order valence-corrected chi connectivity index (χ3v) is 5.09. The Morgan fingerprint density at radius 1 is 1.00 bits per heavy atom. The Morgan fingerprint density at radius 3 is 2.61 bits per heavy atom. The first kappa shape index (κ1) is 22.4. The monoisotopic (exact) mass is 457 g/mol. The fourth-order valence-corrected chi connectivity index (χ4v) is 3.44. The van der Waals surface area contributed by atoms with Gasteiger partial charge in [-0.15, -0.1) is 0 Å². The van der Waals surface area contributed by atoms with E-state index in [1.807, 2.05) is 80.6 Å². The van der Waals surface area contributed by atoms with Crippen LogP contribution in [0.5, 0.6) is 0 Å². The van der Waals surface area contributed by atoms with Gasteiger partial charge in [-0.05, 0) is 67.0 Å². The average molecular weight is 458 g/mol. The predicted octanol–water partition coefficient (Wildman–Crippen LogP) is 5.59. The fraction of sp³-hybridized carbons (Fsp3) is 0.160. The molecular formula is C25H24ClN7. The van der Waals surface area contributed by atoms with Crippen LogP contribution < -0.4 is 10.6 Å². The Labute approximate surface area is 198 Å². The van der Waals surface area contributed by atoms with Crippen molar-refractivity contribution in [3.8, 4) is 0 Å². The minimum absolute atomic E-state index is 0.0157. The van der Waals surface area contributed by atoms with E-state index >= 15 is 0 Å². The highest BCUT2D eigenvalue weighted by atomic mass is 35.5. The third-order valence-electron chi connectivity index (χ3n) is 4.85. The van der Waals surface area contributed by atoms with Crippen LogP contribution in [-0.4, -0.2) is 32.3 Å². The maximum Gasteiger partial charge on any atom is 0.233 e. The summed E-state index contributed by atoms with van der Waals surface area (Å²) < 4.78 is 0. The highest BCUT2D eigenvalue weighted by Crippen LogP contribution is 2.19. The second-order valence-corrected chi connectivity index (χ2v) is 7.86. The van der Waals surface area contributed by atoms with Gasteiger partial charge in [0.2, 0.25) is 11.9 Å². The van der Waals surface area contributed by atoms with Gasteiger partial charge in [0.1, 0.15) is 5.84 Å².